The molecule has 0 atom stereocenters. The molecule has 25 heavy (non-hydrogen) atoms. The number of aromatic hydroxyl groups is 1. The number of nitrogens with zero attached hydrogens (tertiary/aromatic N) is 2. The smallest absolute Gasteiger partial charge is 0.233 e. The standard InChI is InChI=1S/C19H25N3O2.ClH/c1-18(2)11-13(12-19(3,4)22-18)24-17-10-9-15(20-21-17)14-7-5-6-8-16(14)23;/h5-10,13,22-23H,11-12H2,1-4H3;1H. The number of aromatic nitrogens is 2. The van der Waals surface area contributed by atoms with Gasteiger partial charge in [-0.05, 0) is 45.9 Å². The van der Waals surface area contributed by atoms with Crippen LogP contribution in [0.1, 0.15) is 40.5 Å². The summed E-state index contributed by atoms with van der Waals surface area (Å²) in [5.41, 5.74) is 1.35. The molecule has 2 N–H and O–H groups in total. The second kappa shape index (κ2) is 7.18. The lowest BCUT2D eigenvalue weighted by atomic mass is 9.81. The molecule has 2 heterocycles. The fourth-order valence-corrected chi connectivity index (χ4v) is 3.70. The maximum absolute atomic E-state index is 9.90. The molecule has 1 fully saturated rings. The van der Waals surface area contributed by atoms with Gasteiger partial charge in [0.05, 0.1) is 5.69 Å². The van der Waals surface area contributed by atoms with Gasteiger partial charge in [0.1, 0.15) is 11.9 Å². The predicted molar refractivity (Wildman–Crippen MR) is 101 cm³/mol. The molecule has 0 bridgehead atoms. The molecule has 1 saturated heterocycles. The van der Waals surface area contributed by atoms with Crippen LogP contribution in [0.5, 0.6) is 11.6 Å². The number of halogens is 1. The minimum absolute atomic E-state index is 0. The van der Waals surface area contributed by atoms with Crippen LogP contribution in [0.25, 0.3) is 11.3 Å². The molecular formula is C19H26ClN3O2. The summed E-state index contributed by atoms with van der Waals surface area (Å²) in [5.74, 6) is 0.718. The molecule has 5 nitrogen and oxygen atoms in total. The maximum Gasteiger partial charge on any atom is 0.233 e. The monoisotopic (exact) mass is 363 g/mol. The Kier molecular flexibility index (Phi) is 5.59. The summed E-state index contributed by atoms with van der Waals surface area (Å²) in [4.78, 5) is 0. The normalized spacial score (nSPS) is 19.0. The summed E-state index contributed by atoms with van der Waals surface area (Å²) in [6.45, 7) is 8.77. The van der Waals surface area contributed by atoms with Crippen LogP contribution in [0.4, 0.5) is 0 Å². The molecule has 3 rings (SSSR count). The number of para-hydroxylation sites is 1. The topological polar surface area (TPSA) is 67.3 Å². The summed E-state index contributed by atoms with van der Waals surface area (Å²) in [6, 6.07) is 10.7. The van der Waals surface area contributed by atoms with Gasteiger partial charge in [-0.15, -0.1) is 22.6 Å². The Balaban J connectivity index is 0.00000225. The van der Waals surface area contributed by atoms with E-state index in [0.29, 0.717) is 17.1 Å². The summed E-state index contributed by atoms with van der Waals surface area (Å²) < 4.78 is 6.07. The van der Waals surface area contributed by atoms with Crippen molar-refractivity contribution in [3.8, 4) is 22.9 Å². The first-order valence-electron chi connectivity index (χ1n) is 8.32. The van der Waals surface area contributed by atoms with Crippen LogP contribution < -0.4 is 10.1 Å². The average Bonchev–Trinajstić information content (AvgIpc) is 2.45. The van der Waals surface area contributed by atoms with E-state index in [4.69, 9.17) is 4.74 Å². The summed E-state index contributed by atoms with van der Waals surface area (Å²) in [7, 11) is 0. The van der Waals surface area contributed by atoms with Gasteiger partial charge < -0.3 is 15.2 Å². The van der Waals surface area contributed by atoms with Crippen LogP contribution in [-0.2, 0) is 0 Å². The Morgan fingerprint density at radius 1 is 1.00 bits per heavy atom. The molecule has 1 aliphatic heterocycles. The van der Waals surface area contributed by atoms with Gasteiger partial charge in [0.2, 0.25) is 5.88 Å². The molecule has 0 unspecified atom stereocenters. The van der Waals surface area contributed by atoms with E-state index in [2.05, 4.69) is 43.2 Å². The highest BCUT2D eigenvalue weighted by atomic mass is 35.5. The highest BCUT2D eigenvalue weighted by Gasteiger charge is 2.38. The number of phenols is 1. The zero-order chi connectivity index (χ0) is 17.4. The molecule has 0 aliphatic carbocycles. The van der Waals surface area contributed by atoms with E-state index in [1.54, 1.807) is 12.1 Å². The van der Waals surface area contributed by atoms with Crippen molar-refractivity contribution in [2.75, 3.05) is 0 Å². The van der Waals surface area contributed by atoms with Gasteiger partial charge in [0, 0.05) is 35.5 Å². The van der Waals surface area contributed by atoms with E-state index >= 15 is 0 Å². The summed E-state index contributed by atoms with van der Waals surface area (Å²) >= 11 is 0. The van der Waals surface area contributed by atoms with E-state index in [0.717, 1.165) is 12.8 Å². The lowest BCUT2D eigenvalue weighted by Crippen LogP contribution is -2.60. The quantitative estimate of drug-likeness (QED) is 0.863. The largest absolute Gasteiger partial charge is 0.507 e. The molecule has 0 saturated carbocycles. The van der Waals surface area contributed by atoms with Gasteiger partial charge in [0.25, 0.3) is 0 Å². The minimum atomic E-state index is 0. The van der Waals surface area contributed by atoms with Crippen LogP contribution in [0.2, 0.25) is 0 Å². The summed E-state index contributed by atoms with van der Waals surface area (Å²) in [6.07, 6.45) is 1.93. The van der Waals surface area contributed by atoms with E-state index < -0.39 is 0 Å². The zero-order valence-electron chi connectivity index (χ0n) is 15.1. The Bertz CT molecular complexity index is 701. The van der Waals surface area contributed by atoms with Crippen molar-refractivity contribution in [1.82, 2.24) is 15.5 Å². The van der Waals surface area contributed by atoms with Crippen LogP contribution in [0.15, 0.2) is 36.4 Å². The first-order valence-corrected chi connectivity index (χ1v) is 8.32. The SMILES string of the molecule is CC1(C)CC(Oc2ccc(-c3ccccc3O)nn2)CC(C)(C)N1.Cl. The molecule has 0 radical (unpaired) electrons. The maximum atomic E-state index is 9.90. The second-order valence-electron chi connectivity index (χ2n) is 7.81. The van der Waals surface area contributed by atoms with Crippen LogP contribution >= 0.6 is 12.4 Å². The van der Waals surface area contributed by atoms with E-state index in [1.165, 1.54) is 0 Å². The Morgan fingerprint density at radius 2 is 1.64 bits per heavy atom. The third-order valence-corrected chi connectivity index (χ3v) is 4.26. The lowest BCUT2D eigenvalue weighted by molar-refractivity contribution is 0.0524. The van der Waals surface area contributed by atoms with Gasteiger partial charge in [-0.3, -0.25) is 0 Å². The Hall–Kier alpha value is -1.85. The predicted octanol–water partition coefficient (Wildman–Crippen LogP) is 3.96. The first kappa shape index (κ1) is 19.5. The number of phenolic OH excluding ortho intramolecular Hbond substituents is 1. The zero-order valence-corrected chi connectivity index (χ0v) is 15.9. The van der Waals surface area contributed by atoms with Crippen molar-refractivity contribution < 1.29 is 9.84 Å². The van der Waals surface area contributed by atoms with Crippen LogP contribution in [0.3, 0.4) is 0 Å². The highest BCUT2D eigenvalue weighted by molar-refractivity contribution is 5.85. The highest BCUT2D eigenvalue weighted by Crippen LogP contribution is 2.31. The van der Waals surface area contributed by atoms with Crippen molar-refractivity contribution in [3.63, 3.8) is 0 Å². The van der Waals surface area contributed by atoms with Gasteiger partial charge in [-0.1, -0.05) is 12.1 Å². The molecule has 1 aliphatic rings. The second-order valence-corrected chi connectivity index (χ2v) is 7.81. The number of ether oxygens (including phenoxy) is 1. The van der Waals surface area contributed by atoms with Gasteiger partial charge in [-0.25, -0.2) is 0 Å². The molecule has 2 aromatic rings. The minimum Gasteiger partial charge on any atom is -0.507 e. The van der Waals surface area contributed by atoms with Crippen molar-refractivity contribution in [1.29, 1.82) is 0 Å². The average molecular weight is 364 g/mol. The molecule has 6 heteroatoms. The van der Waals surface area contributed by atoms with Gasteiger partial charge in [0.15, 0.2) is 0 Å². The fraction of sp³-hybridized carbons (Fsp3) is 0.474. The van der Waals surface area contributed by atoms with Crippen LogP contribution in [-0.4, -0.2) is 32.5 Å². The molecular weight excluding hydrogens is 338 g/mol. The molecule has 1 aromatic carbocycles. The molecule has 0 amide bonds. The number of rotatable bonds is 3. The lowest BCUT2D eigenvalue weighted by Gasteiger charge is -2.46. The van der Waals surface area contributed by atoms with Crippen molar-refractivity contribution >= 4 is 12.4 Å². The number of benzene rings is 1. The third-order valence-electron chi connectivity index (χ3n) is 4.26. The third kappa shape index (κ3) is 4.83. The number of hydrogen-bond acceptors (Lipinski definition) is 5. The van der Waals surface area contributed by atoms with Crippen molar-refractivity contribution in [3.05, 3.63) is 36.4 Å². The van der Waals surface area contributed by atoms with Gasteiger partial charge in [-0.2, -0.15) is 0 Å². The van der Waals surface area contributed by atoms with E-state index in [-0.39, 0.29) is 35.3 Å². The van der Waals surface area contributed by atoms with Crippen molar-refractivity contribution in [2.24, 2.45) is 0 Å². The summed E-state index contributed by atoms with van der Waals surface area (Å²) in [5, 5.41) is 21.9. The Morgan fingerprint density at radius 3 is 2.20 bits per heavy atom. The van der Waals surface area contributed by atoms with Crippen molar-refractivity contribution in [2.45, 2.75) is 57.7 Å². The number of nitrogens with one attached hydrogen (secondary N) is 1. The number of piperidine rings is 1. The molecule has 0 spiro atoms. The van der Waals surface area contributed by atoms with Gasteiger partial charge >= 0.3 is 0 Å². The Labute approximate surface area is 155 Å². The fourth-order valence-electron chi connectivity index (χ4n) is 3.70. The van der Waals surface area contributed by atoms with E-state index in [9.17, 15) is 5.11 Å². The first-order chi connectivity index (χ1) is 11.2. The van der Waals surface area contributed by atoms with Crippen LogP contribution in [0, 0.1) is 0 Å². The van der Waals surface area contributed by atoms with E-state index in [1.807, 2.05) is 24.3 Å². The molecule has 136 valence electrons. The molecule has 1 aromatic heterocycles. The number of hydrogen-bond donors (Lipinski definition) is 2.